The van der Waals surface area contributed by atoms with Crippen LogP contribution in [0.5, 0.6) is 0 Å². The normalized spacial score (nSPS) is 12.6. The molecule has 2 heterocycles. The van der Waals surface area contributed by atoms with Crippen LogP contribution in [0.15, 0.2) is 121 Å². The molecule has 6 nitrogen and oxygen atoms in total. The summed E-state index contributed by atoms with van der Waals surface area (Å²) in [7, 11) is 0. The van der Waals surface area contributed by atoms with E-state index in [4.69, 9.17) is 11.6 Å². The van der Waals surface area contributed by atoms with Gasteiger partial charge in [-0.25, -0.2) is 4.85 Å². The smallest absolute Gasteiger partial charge is 0.196 e. The van der Waals surface area contributed by atoms with E-state index >= 15 is 0 Å². The first kappa shape index (κ1) is 43.3. The van der Waals surface area contributed by atoms with Crippen molar-refractivity contribution in [3.8, 4) is 39.7 Å². The first-order valence-corrected chi connectivity index (χ1v) is 19.9. The third kappa shape index (κ3) is 9.14. The zero-order valence-corrected chi connectivity index (χ0v) is 37.2. The van der Waals surface area contributed by atoms with Gasteiger partial charge in [-0.1, -0.05) is 95.1 Å². The monoisotopic (exact) mass is 963 g/mol. The van der Waals surface area contributed by atoms with Crippen LogP contribution >= 0.6 is 0 Å². The van der Waals surface area contributed by atoms with Gasteiger partial charge in [-0.3, -0.25) is 4.79 Å². The van der Waals surface area contributed by atoms with Crippen molar-refractivity contribution in [1.82, 2.24) is 9.97 Å². The number of hydrogen-bond acceptors (Lipinski definition) is 5. The van der Waals surface area contributed by atoms with Crippen LogP contribution in [0.3, 0.4) is 0 Å². The van der Waals surface area contributed by atoms with Crippen LogP contribution in [0.2, 0.25) is 0 Å². The zero-order chi connectivity index (χ0) is 41.9. The van der Waals surface area contributed by atoms with E-state index in [1.54, 1.807) is 12.3 Å². The summed E-state index contributed by atoms with van der Waals surface area (Å²) in [6.45, 7) is 18.7. The molecule has 0 fully saturated rings. The van der Waals surface area contributed by atoms with Crippen molar-refractivity contribution < 1.29 is 30.0 Å². The van der Waals surface area contributed by atoms with Crippen LogP contribution in [0, 0.1) is 40.9 Å². The average Bonchev–Trinajstić information content (AvgIpc) is 3.25. The van der Waals surface area contributed by atoms with Crippen molar-refractivity contribution in [2.24, 2.45) is 10.8 Å². The minimum atomic E-state index is -0.417. The molecular weight excluding hydrogens is 917 g/mol. The summed E-state index contributed by atoms with van der Waals surface area (Å²) in [4.78, 5) is 24.2. The second kappa shape index (κ2) is 17.9. The Kier molecular flexibility index (Phi) is 13.0. The minimum absolute atomic E-state index is 0. The second-order valence-corrected chi connectivity index (χ2v) is 17.0. The maximum absolute atomic E-state index is 11.5. The van der Waals surface area contributed by atoms with E-state index in [9.17, 15) is 15.2 Å². The molecule has 60 heavy (non-hydrogen) atoms. The first-order chi connectivity index (χ1) is 28.3. The first-order valence-electron chi connectivity index (χ1n) is 19.9. The number of hydrogen-bond donors (Lipinski definition) is 1. The van der Waals surface area contributed by atoms with Crippen molar-refractivity contribution in [3.05, 3.63) is 173 Å². The molecule has 0 unspecified atom stereocenters. The minimum Gasteiger partial charge on any atom is -0.512 e. The number of carbonyl (C=O) groups is 1. The Bertz CT molecular complexity index is 2750. The quantitative estimate of drug-likeness (QED) is 0.0824. The van der Waals surface area contributed by atoms with Crippen LogP contribution in [-0.4, -0.2) is 20.9 Å². The van der Waals surface area contributed by atoms with Crippen molar-refractivity contribution in [2.45, 2.75) is 67.2 Å². The van der Waals surface area contributed by atoms with E-state index in [-0.39, 0.29) is 37.1 Å². The predicted octanol–water partition coefficient (Wildman–Crippen LogP) is 12.8. The molecular formula is C53H46IrN4O2-2. The SMILES string of the molecule is CC(C)(C)C(=O)/C=C(\O)C(C)(C)C.[C-]#[N+]c1cc(C#N)cc2c1ccc1c(-c3[c-]c4c5c(c3)CCc3cccc(c3-5)CC4)nccc12.[Ir].[c-]1ccccc1-c1ccccn1. The molecule has 0 spiro atoms. The van der Waals surface area contributed by atoms with Gasteiger partial charge in [0.1, 0.15) is 5.76 Å². The molecule has 1 radical (unpaired) electrons. The molecule has 0 bridgehead atoms. The fourth-order valence-electron chi connectivity index (χ4n) is 7.53. The molecule has 0 saturated heterocycles. The van der Waals surface area contributed by atoms with Crippen molar-refractivity contribution >= 4 is 33.0 Å². The number of allylic oxidation sites excluding steroid dienone is 2. The molecule has 7 heteroatoms. The van der Waals surface area contributed by atoms with Crippen LogP contribution < -0.4 is 0 Å². The summed E-state index contributed by atoms with van der Waals surface area (Å²) >= 11 is 0. The fraction of sp³-hybridized carbons (Fsp3) is 0.226. The van der Waals surface area contributed by atoms with Gasteiger partial charge in [-0.05, 0) is 94.0 Å². The molecule has 0 amide bonds. The molecule has 2 aliphatic rings. The number of benzene rings is 5. The number of aliphatic hydroxyl groups is 1. The van der Waals surface area contributed by atoms with E-state index in [0.717, 1.165) is 69.7 Å². The fourth-order valence-corrected chi connectivity index (χ4v) is 7.53. The number of aromatic nitrogens is 2. The van der Waals surface area contributed by atoms with Gasteiger partial charge in [0.05, 0.1) is 12.6 Å². The molecule has 2 aliphatic carbocycles. The van der Waals surface area contributed by atoms with Crippen molar-refractivity contribution in [3.63, 3.8) is 0 Å². The summed E-state index contributed by atoms with van der Waals surface area (Å²) in [5.41, 5.74) is 12.7. The average molecular weight is 963 g/mol. The number of rotatable bonds is 3. The van der Waals surface area contributed by atoms with Crippen LogP contribution in [0.25, 0.3) is 60.0 Å². The third-order valence-electron chi connectivity index (χ3n) is 10.8. The third-order valence-corrected chi connectivity index (χ3v) is 10.8. The molecule has 0 atom stereocenters. The number of aryl methyl sites for hydroxylation is 4. The van der Waals surface area contributed by atoms with Gasteiger partial charge in [-0.15, -0.1) is 64.7 Å². The second-order valence-electron chi connectivity index (χ2n) is 17.0. The van der Waals surface area contributed by atoms with Crippen LogP contribution in [-0.2, 0) is 50.6 Å². The number of aliphatic hydroxyl groups excluding tert-OH is 1. The van der Waals surface area contributed by atoms with Gasteiger partial charge >= 0.3 is 0 Å². The Morgan fingerprint density at radius 3 is 2.12 bits per heavy atom. The molecule has 0 saturated carbocycles. The summed E-state index contributed by atoms with van der Waals surface area (Å²) in [5, 5.41) is 22.9. The number of nitriles is 1. The molecule has 0 aliphatic heterocycles. The Morgan fingerprint density at radius 1 is 0.750 bits per heavy atom. The largest absolute Gasteiger partial charge is 0.512 e. The maximum atomic E-state index is 11.5. The van der Waals surface area contributed by atoms with E-state index in [1.165, 1.54) is 39.5 Å². The van der Waals surface area contributed by atoms with Gasteiger partial charge in [0.2, 0.25) is 0 Å². The number of nitrogens with zero attached hydrogens (tertiary/aromatic N) is 4. The number of pyridine rings is 2. The Balaban J connectivity index is 0.000000192. The summed E-state index contributed by atoms with van der Waals surface area (Å²) in [6.07, 6.45) is 9.12. The van der Waals surface area contributed by atoms with Crippen LogP contribution in [0.1, 0.15) is 69.4 Å². The summed E-state index contributed by atoms with van der Waals surface area (Å²) in [5.74, 6) is 0.104. The van der Waals surface area contributed by atoms with Gasteiger partial charge in [0.25, 0.3) is 0 Å². The van der Waals surface area contributed by atoms with Gasteiger partial charge in [0.15, 0.2) is 11.5 Å². The zero-order valence-electron chi connectivity index (χ0n) is 34.8. The van der Waals surface area contributed by atoms with E-state index in [2.05, 4.69) is 58.4 Å². The van der Waals surface area contributed by atoms with Gasteiger partial charge < -0.3 is 15.1 Å². The predicted molar refractivity (Wildman–Crippen MR) is 238 cm³/mol. The van der Waals surface area contributed by atoms with E-state index < -0.39 is 5.41 Å². The Morgan fingerprint density at radius 2 is 1.47 bits per heavy atom. The van der Waals surface area contributed by atoms with Gasteiger partial charge in [0, 0.05) is 55.0 Å². The van der Waals surface area contributed by atoms with Crippen LogP contribution in [0.4, 0.5) is 5.69 Å². The molecule has 301 valence electrons. The number of carbonyl (C=O) groups excluding carboxylic acids is 1. The maximum Gasteiger partial charge on any atom is 0.196 e. The number of fused-ring (bicyclic) bond motifs is 3. The van der Waals surface area contributed by atoms with E-state index in [0.29, 0.717) is 11.3 Å². The van der Waals surface area contributed by atoms with Crippen molar-refractivity contribution in [1.29, 1.82) is 5.26 Å². The van der Waals surface area contributed by atoms with Crippen molar-refractivity contribution in [2.75, 3.05) is 0 Å². The summed E-state index contributed by atoms with van der Waals surface area (Å²) < 4.78 is 0. The molecule has 9 rings (SSSR count). The Labute approximate surface area is 366 Å². The molecule has 7 aromatic rings. The molecule has 5 aromatic carbocycles. The topological polar surface area (TPSA) is 91.2 Å². The van der Waals surface area contributed by atoms with E-state index in [1.807, 2.05) is 108 Å². The Hall–Kier alpha value is -6.24. The number of ketones is 1. The molecule has 1 N–H and O–H groups in total. The molecule has 2 aromatic heterocycles. The summed E-state index contributed by atoms with van der Waals surface area (Å²) in [6, 6.07) is 41.4. The standard InChI is InChI=1S/C31H18N3.C11H8N.C11H20O2.Ir/c1-33-28-14-18(17-32)13-27-24-11-12-34-31(26(24)10-9-25(27)28)23-15-21-7-5-19-3-2-4-20-6-8-22(16-23)30(21)29(19)20;1-2-6-10(7-3-1)11-8-4-5-9-12-11;1-10(2,3)8(12)7-9(13)11(4,5)6;/h2-4,9-15H,5-8H2;1-6,8-9H;7,12H,1-6H3;/q2*-1;;/b;;8-7-;. The van der Waals surface area contributed by atoms with Gasteiger partial charge in [-0.2, -0.15) is 5.26 Å².